The molecule has 0 aromatic heterocycles. The summed E-state index contributed by atoms with van der Waals surface area (Å²) in [6, 6.07) is 7.18. The van der Waals surface area contributed by atoms with Gasteiger partial charge in [0, 0.05) is 13.0 Å². The Morgan fingerprint density at radius 3 is 2.79 bits per heavy atom. The zero-order valence-electron chi connectivity index (χ0n) is 10.4. The number of halogens is 2. The Kier molecular flexibility index (Phi) is 6.99. The van der Waals surface area contributed by atoms with Crippen molar-refractivity contribution in [2.45, 2.75) is 26.0 Å². The lowest BCUT2D eigenvalue weighted by Gasteiger charge is -2.07. The standard InChI is InChI=1S/C13H17F2NO3/c14-12(15)9-19-5-4-13(18)16-7-10-2-1-3-11(6-10)8-17/h1-3,6,12,17H,4-5,7-9H2,(H,16,18). The molecule has 0 aliphatic carbocycles. The zero-order valence-corrected chi connectivity index (χ0v) is 10.4. The van der Waals surface area contributed by atoms with Gasteiger partial charge in [-0.2, -0.15) is 0 Å². The van der Waals surface area contributed by atoms with Crippen LogP contribution in [0.2, 0.25) is 0 Å². The summed E-state index contributed by atoms with van der Waals surface area (Å²) in [5.74, 6) is -0.260. The van der Waals surface area contributed by atoms with E-state index >= 15 is 0 Å². The summed E-state index contributed by atoms with van der Waals surface area (Å²) in [6.45, 7) is -0.385. The quantitative estimate of drug-likeness (QED) is 0.705. The van der Waals surface area contributed by atoms with Gasteiger partial charge >= 0.3 is 0 Å². The Hall–Kier alpha value is -1.53. The van der Waals surface area contributed by atoms with Crippen molar-refractivity contribution < 1.29 is 23.4 Å². The number of hydrogen-bond acceptors (Lipinski definition) is 3. The van der Waals surface area contributed by atoms with E-state index in [9.17, 15) is 13.6 Å². The SMILES string of the molecule is O=C(CCOCC(F)F)NCc1cccc(CO)c1. The van der Waals surface area contributed by atoms with Crippen molar-refractivity contribution in [1.29, 1.82) is 0 Å². The monoisotopic (exact) mass is 273 g/mol. The molecule has 0 fully saturated rings. The van der Waals surface area contributed by atoms with Gasteiger partial charge < -0.3 is 15.2 Å². The smallest absolute Gasteiger partial charge is 0.261 e. The van der Waals surface area contributed by atoms with Gasteiger partial charge in [0.1, 0.15) is 6.61 Å². The largest absolute Gasteiger partial charge is 0.392 e. The van der Waals surface area contributed by atoms with Gasteiger partial charge in [0.2, 0.25) is 5.91 Å². The van der Waals surface area contributed by atoms with Crippen LogP contribution in [0.4, 0.5) is 8.78 Å². The molecule has 1 aromatic carbocycles. The van der Waals surface area contributed by atoms with E-state index in [1.807, 2.05) is 6.07 Å². The topological polar surface area (TPSA) is 58.6 Å². The number of carbonyl (C=O) groups excluding carboxylic acids is 1. The highest BCUT2D eigenvalue weighted by Gasteiger charge is 2.05. The molecule has 4 nitrogen and oxygen atoms in total. The van der Waals surface area contributed by atoms with Gasteiger partial charge in [-0.25, -0.2) is 8.78 Å². The van der Waals surface area contributed by atoms with Crippen molar-refractivity contribution in [2.24, 2.45) is 0 Å². The fraction of sp³-hybridized carbons (Fsp3) is 0.462. The van der Waals surface area contributed by atoms with Gasteiger partial charge in [0.15, 0.2) is 0 Å². The Balaban J connectivity index is 2.22. The Morgan fingerprint density at radius 1 is 1.37 bits per heavy atom. The van der Waals surface area contributed by atoms with Gasteiger partial charge in [0.25, 0.3) is 6.43 Å². The number of aliphatic hydroxyl groups is 1. The fourth-order valence-electron chi connectivity index (χ4n) is 1.46. The number of aliphatic hydroxyl groups excluding tert-OH is 1. The first-order valence-corrected chi connectivity index (χ1v) is 5.93. The lowest BCUT2D eigenvalue weighted by Crippen LogP contribution is -2.24. The van der Waals surface area contributed by atoms with Crippen molar-refractivity contribution in [2.75, 3.05) is 13.2 Å². The number of carbonyl (C=O) groups is 1. The van der Waals surface area contributed by atoms with Crippen LogP contribution in [0.1, 0.15) is 17.5 Å². The van der Waals surface area contributed by atoms with Crippen LogP contribution in [0, 0.1) is 0 Å². The van der Waals surface area contributed by atoms with E-state index in [-0.39, 0.29) is 25.5 Å². The maximum atomic E-state index is 11.8. The molecule has 19 heavy (non-hydrogen) atoms. The van der Waals surface area contributed by atoms with Crippen molar-refractivity contribution in [3.05, 3.63) is 35.4 Å². The highest BCUT2D eigenvalue weighted by Crippen LogP contribution is 2.05. The minimum absolute atomic E-state index is 0.0210. The first-order valence-electron chi connectivity index (χ1n) is 5.93. The number of hydrogen-bond donors (Lipinski definition) is 2. The van der Waals surface area contributed by atoms with E-state index in [2.05, 4.69) is 10.1 Å². The fourth-order valence-corrected chi connectivity index (χ4v) is 1.46. The molecule has 0 atom stereocenters. The van der Waals surface area contributed by atoms with Crippen LogP contribution < -0.4 is 5.32 Å². The molecule has 0 aliphatic rings. The highest BCUT2D eigenvalue weighted by atomic mass is 19.3. The van der Waals surface area contributed by atoms with Gasteiger partial charge in [0.05, 0.1) is 13.2 Å². The minimum atomic E-state index is -2.51. The van der Waals surface area contributed by atoms with E-state index in [0.29, 0.717) is 6.54 Å². The second kappa shape index (κ2) is 8.55. The molecule has 0 saturated heterocycles. The third-order valence-corrected chi connectivity index (χ3v) is 2.38. The number of nitrogens with one attached hydrogen (secondary N) is 1. The Bertz CT molecular complexity index is 399. The van der Waals surface area contributed by atoms with Crippen LogP contribution in [-0.4, -0.2) is 30.7 Å². The van der Waals surface area contributed by atoms with Crippen molar-refractivity contribution in [3.63, 3.8) is 0 Å². The molecule has 6 heteroatoms. The molecule has 0 saturated carbocycles. The molecular weight excluding hydrogens is 256 g/mol. The summed E-state index contributed by atoms with van der Waals surface area (Å²) in [4.78, 5) is 11.4. The predicted molar refractivity (Wildman–Crippen MR) is 65.7 cm³/mol. The third kappa shape index (κ3) is 6.83. The molecule has 2 N–H and O–H groups in total. The average Bonchev–Trinajstić information content (AvgIpc) is 2.41. The van der Waals surface area contributed by atoms with Gasteiger partial charge in [-0.05, 0) is 11.1 Å². The molecule has 0 heterocycles. The third-order valence-electron chi connectivity index (χ3n) is 2.38. The molecule has 1 amide bonds. The lowest BCUT2D eigenvalue weighted by atomic mass is 10.1. The summed E-state index contributed by atoms with van der Waals surface area (Å²) >= 11 is 0. The molecule has 0 bridgehead atoms. The predicted octanol–water partition coefficient (Wildman–Crippen LogP) is 1.47. The van der Waals surface area contributed by atoms with Gasteiger partial charge in [-0.3, -0.25) is 4.79 Å². The molecule has 1 rings (SSSR count). The number of benzene rings is 1. The highest BCUT2D eigenvalue weighted by molar-refractivity contribution is 5.75. The van der Waals surface area contributed by atoms with Crippen LogP contribution in [0.3, 0.4) is 0 Å². The number of ether oxygens (including phenoxy) is 1. The molecule has 0 radical (unpaired) electrons. The molecular formula is C13H17F2NO3. The second-order valence-corrected chi connectivity index (χ2v) is 3.97. The van der Waals surface area contributed by atoms with E-state index in [1.165, 1.54) is 0 Å². The Morgan fingerprint density at radius 2 is 2.11 bits per heavy atom. The maximum absolute atomic E-state index is 11.8. The van der Waals surface area contributed by atoms with Crippen LogP contribution in [0.15, 0.2) is 24.3 Å². The summed E-state index contributed by atoms with van der Waals surface area (Å²) < 4.78 is 28.1. The van der Waals surface area contributed by atoms with Crippen LogP contribution >= 0.6 is 0 Å². The zero-order chi connectivity index (χ0) is 14.1. The van der Waals surface area contributed by atoms with Crippen molar-refractivity contribution in [3.8, 4) is 0 Å². The minimum Gasteiger partial charge on any atom is -0.392 e. The van der Waals surface area contributed by atoms with Crippen molar-refractivity contribution >= 4 is 5.91 Å². The average molecular weight is 273 g/mol. The second-order valence-electron chi connectivity index (χ2n) is 3.97. The maximum Gasteiger partial charge on any atom is 0.261 e. The lowest BCUT2D eigenvalue weighted by molar-refractivity contribution is -0.122. The first kappa shape index (κ1) is 15.5. The number of amides is 1. The van der Waals surface area contributed by atoms with E-state index < -0.39 is 13.0 Å². The van der Waals surface area contributed by atoms with Crippen LogP contribution in [0.25, 0.3) is 0 Å². The molecule has 1 aromatic rings. The summed E-state index contributed by atoms with van der Waals surface area (Å²) in [7, 11) is 0. The summed E-state index contributed by atoms with van der Waals surface area (Å²) in [5, 5.41) is 11.6. The van der Waals surface area contributed by atoms with E-state index in [4.69, 9.17) is 5.11 Å². The molecule has 0 unspecified atom stereocenters. The number of alkyl halides is 2. The normalized spacial score (nSPS) is 10.7. The van der Waals surface area contributed by atoms with Gasteiger partial charge in [-0.1, -0.05) is 24.3 Å². The van der Waals surface area contributed by atoms with Gasteiger partial charge in [-0.15, -0.1) is 0 Å². The van der Waals surface area contributed by atoms with Crippen molar-refractivity contribution in [1.82, 2.24) is 5.32 Å². The molecule has 106 valence electrons. The first-order chi connectivity index (χ1) is 9.11. The molecule has 0 aliphatic heterocycles. The van der Waals surface area contributed by atoms with E-state index in [0.717, 1.165) is 11.1 Å². The Labute approximate surface area is 110 Å². The summed E-state index contributed by atoms with van der Waals surface area (Å²) in [6.07, 6.45) is -2.46. The van der Waals surface area contributed by atoms with Crippen LogP contribution in [0.5, 0.6) is 0 Å². The number of rotatable bonds is 8. The molecule has 0 spiro atoms. The van der Waals surface area contributed by atoms with Crippen LogP contribution in [-0.2, 0) is 22.7 Å². The van der Waals surface area contributed by atoms with E-state index in [1.54, 1.807) is 18.2 Å². The summed E-state index contributed by atoms with van der Waals surface area (Å²) in [5.41, 5.74) is 1.64.